The molecule has 1 aromatic carbocycles. The van der Waals surface area contributed by atoms with Crippen LogP contribution in [0.5, 0.6) is 0 Å². The van der Waals surface area contributed by atoms with Crippen LogP contribution in [0.1, 0.15) is 26.6 Å². The summed E-state index contributed by atoms with van der Waals surface area (Å²) in [5, 5.41) is 5.28. The Kier molecular flexibility index (Phi) is 6.80. The number of para-hydroxylation sites is 1. The van der Waals surface area contributed by atoms with E-state index in [0.717, 1.165) is 26.1 Å². The molecule has 9 heteroatoms. The van der Waals surface area contributed by atoms with Crippen LogP contribution in [0, 0.1) is 9.87 Å². The first kappa shape index (κ1) is 20.2. The highest BCUT2D eigenvalue weighted by atomic mass is 32.2. The predicted molar refractivity (Wildman–Crippen MR) is 114 cm³/mol. The Morgan fingerprint density at radius 3 is 2.89 bits per heavy atom. The summed E-state index contributed by atoms with van der Waals surface area (Å²) in [5.41, 5.74) is 0.632. The van der Waals surface area contributed by atoms with Gasteiger partial charge in [-0.1, -0.05) is 49.1 Å². The van der Waals surface area contributed by atoms with Crippen LogP contribution in [-0.2, 0) is 13.2 Å². The van der Waals surface area contributed by atoms with Gasteiger partial charge in [0.2, 0.25) is 0 Å². The number of aromatic amines is 1. The number of nitrogens with one attached hydrogen (secondary N) is 2. The highest BCUT2D eigenvalue weighted by Gasteiger charge is 2.14. The van der Waals surface area contributed by atoms with Gasteiger partial charge in [0.1, 0.15) is 6.54 Å². The third kappa shape index (κ3) is 5.25. The molecule has 2 heterocycles. The van der Waals surface area contributed by atoms with E-state index in [9.17, 15) is 4.79 Å². The number of hydrogen-bond acceptors (Lipinski definition) is 6. The minimum absolute atomic E-state index is 0.0938. The van der Waals surface area contributed by atoms with Crippen molar-refractivity contribution >= 4 is 46.2 Å². The lowest BCUT2D eigenvalue weighted by atomic mass is 10.2. The van der Waals surface area contributed by atoms with Crippen molar-refractivity contribution in [2.75, 3.05) is 12.3 Å². The molecule has 0 spiro atoms. The lowest BCUT2D eigenvalue weighted by molar-refractivity contribution is -0.935. The molecule has 3 rings (SSSR count). The molecule has 1 unspecified atom stereocenters. The maximum atomic E-state index is 12.3. The zero-order valence-electron chi connectivity index (χ0n) is 15.7. The second kappa shape index (κ2) is 9.09. The van der Waals surface area contributed by atoms with Crippen LogP contribution in [-0.4, -0.2) is 32.0 Å². The van der Waals surface area contributed by atoms with Crippen molar-refractivity contribution in [2.24, 2.45) is 5.92 Å². The fourth-order valence-electron chi connectivity index (χ4n) is 2.64. The van der Waals surface area contributed by atoms with Crippen LogP contribution in [0.15, 0.2) is 33.4 Å². The first-order valence-electron chi connectivity index (χ1n) is 8.98. The normalized spacial score (nSPS) is 12.7. The molecule has 2 N–H and O–H groups in total. The molecule has 3 aromatic rings. The molecule has 2 aromatic heterocycles. The fourth-order valence-corrected chi connectivity index (χ4v) is 4.95. The van der Waals surface area contributed by atoms with Gasteiger partial charge in [-0.25, -0.2) is 4.98 Å². The van der Waals surface area contributed by atoms with Crippen LogP contribution in [0.2, 0.25) is 0 Å². The van der Waals surface area contributed by atoms with Crippen LogP contribution >= 0.6 is 35.3 Å². The Hall–Kier alpha value is -1.55. The van der Waals surface area contributed by atoms with Gasteiger partial charge in [-0.05, 0) is 37.2 Å². The number of aromatic nitrogens is 4. The Morgan fingerprint density at radius 2 is 2.15 bits per heavy atom. The van der Waals surface area contributed by atoms with Crippen molar-refractivity contribution < 1.29 is 4.90 Å². The van der Waals surface area contributed by atoms with Crippen molar-refractivity contribution in [1.29, 1.82) is 0 Å². The molecule has 0 aliphatic rings. The van der Waals surface area contributed by atoms with Crippen molar-refractivity contribution in [2.45, 2.75) is 38.3 Å². The van der Waals surface area contributed by atoms with Crippen LogP contribution in [0.25, 0.3) is 10.9 Å². The zero-order chi connectivity index (χ0) is 19.4. The number of rotatable bonds is 8. The SMILES string of the molecule is CC[NH+](Cc1nc2ccccc2c(=O)[nH]1)Cn1nc(SCC(C)C)sc1=S. The highest BCUT2D eigenvalue weighted by molar-refractivity contribution is 8.01. The third-order valence-electron chi connectivity index (χ3n) is 4.08. The second-order valence-electron chi connectivity index (χ2n) is 6.81. The number of quaternary nitrogens is 1. The minimum atomic E-state index is -0.0938. The molecule has 0 fully saturated rings. The third-order valence-corrected chi connectivity index (χ3v) is 6.95. The quantitative estimate of drug-likeness (QED) is 0.432. The Balaban J connectivity index is 1.75. The summed E-state index contributed by atoms with van der Waals surface area (Å²) in [6.45, 7) is 8.66. The molecule has 0 saturated heterocycles. The van der Waals surface area contributed by atoms with E-state index >= 15 is 0 Å². The van der Waals surface area contributed by atoms with Gasteiger partial charge in [0, 0.05) is 5.75 Å². The molecule has 0 amide bonds. The van der Waals surface area contributed by atoms with Crippen molar-refractivity contribution in [3.05, 3.63) is 44.4 Å². The maximum Gasteiger partial charge on any atom is 0.258 e. The summed E-state index contributed by atoms with van der Waals surface area (Å²) in [4.78, 5) is 21.0. The fraction of sp³-hybridized carbons (Fsp3) is 0.444. The van der Waals surface area contributed by atoms with Gasteiger partial charge in [-0.15, -0.1) is 5.10 Å². The average molecular weight is 423 g/mol. The van der Waals surface area contributed by atoms with Gasteiger partial charge >= 0.3 is 0 Å². The molecule has 144 valence electrons. The van der Waals surface area contributed by atoms with Gasteiger partial charge < -0.3 is 9.88 Å². The number of H-pyrrole nitrogens is 1. The Bertz CT molecular complexity index is 1020. The number of benzene rings is 1. The summed E-state index contributed by atoms with van der Waals surface area (Å²) < 4.78 is 3.69. The number of thioether (sulfide) groups is 1. The van der Waals surface area contributed by atoms with Crippen molar-refractivity contribution in [3.63, 3.8) is 0 Å². The molecular weight excluding hydrogens is 398 g/mol. The molecule has 27 heavy (non-hydrogen) atoms. The monoisotopic (exact) mass is 422 g/mol. The summed E-state index contributed by atoms with van der Waals surface area (Å²) in [6.07, 6.45) is 0. The number of hydrogen-bond donors (Lipinski definition) is 2. The Labute approximate surface area is 171 Å². The molecule has 0 aliphatic carbocycles. The maximum absolute atomic E-state index is 12.3. The molecule has 6 nitrogen and oxygen atoms in total. The van der Waals surface area contributed by atoms with E-state index in [1.165, 1.54) is 4.90 Å². The minimum Gasteiger partial charge on any atom is -0.310 e. The van der Waals surface area contributed by atoms with Gasteiger partial charge in [-0.3, -0.25) is 4.79 Å². The molecule has 0 saturated carbocycles. The largest absolute Gasteiger partial charge is 0.310 e. The van der Waals surface area contributed by atoms with E-state index in [1.54, 1.807) is 29.2 Å². The van der Waals surface area contributed by atoms with Crippen molar-refractivity contribution in [1.82, 2.24) is 19.7 Å². The molecule has 0 bridgehead atoms. The van der Waals surface area contributed by atoms with Crippen LogP contribution in [0.3, 0.4) is 0 Å². The van der Waals surface area contributed by atoms with E-state index in [1.807, 2.05) is 22.9 Å². The topological polar surface area (TPSA) is 68.0 Å². The lowest BCUT2D eigenvalue weighted by Crippen LogP contribution is -3.09. The first-order valence-corrected chi connectivity index (χ1v) is 11.2. The first-order chi connectivity index (χ1) is 13.0. The van der Waals surface area contributed by atoms with E-state index in [0.29, 0.717) is 30.3 Å². The number of nitrogens with zero attached hydrogens (tertiary/aromatic N) is 3. The predicted octanol–water partition coefficient (Wildman–Crippen LogP) is 2.72. The summed E-state index contributed by atoms with van der Waals surface area (Å²) in [7, 11) is 0. The summed E-state index contributed by atoms with van der Waals surface area (Å²) >= 11 is 8.81. The number of fused-ring (bicyclic) bond motifs is 1. The van der Waals surface area contributed by atoms with E-state index in [2.05, 4.69) is 35.8 Å². The standard InChI is InChI=1S/C18H23N5OS3/c1-4-22(11-23-18(25)27-17(21-23)26-10-12(2)3)9-15-19-14-8-6-5-7-13(14)16(24)20-15/h5-8,12H,4,9-11H2,1-3H3,(H,19,20,24)/p+1. The summed E-state index contributed by atoms with van der Waals surface area (Å²) in [5.74, 6) is 2.34. The second-order valence-corrected chi connectivity index (χ2v) is 9.70. The summed E-state index contributed by atoms with van der Waals surface area (Å²) in [6, 6.07) is 7.41. The van der Waals surface area contributed by atoms with Crippen molar-refractivity contribution in [3.8, 4) is 0 Å². The Morgan fingerprint density at radius 1 is 1.37 bits per heavy atom. The van der Waals surface area contributed by atoms with Gasteiger partial charge in [0.05, 0.1) is 17.4 Å². The smallest absolute Gasteiger partial charge is 0.258 e. The highest BCUT2D eigenvalue weighted by Crippen LogP contribution is 2.23. The van der Waals surface area contributed by atoms with Gasteiger partial charge in [0.15, 0.2) is 20.8 Å². The average Bonchev–Trinajstić information content (AvgIpc) is 2.99. The van der Waals surface area contributed by atoms with E-state index < -0.39 is 0 Å². The van der Waals surface area contributed by atoms with Crippen LogP contribution in [0.4, 0.5) is 0 Å². The van der Waals surface area contributed by atoms with Gasteiger partial charge in [0.25, 0.3) is 5.56 Å². The van der Waals surface area contributed by atoms with E-state index in [-0.39, 0.29) is 5.56 Å². The van der Waals surface area contributed by atoms with Crippen LogP contribution < -0.4 is 10.5 Å². The zero-order valence-corrected chi connectivity index (χ0v) is 18.1. The molecule has 0 aliphatic heterocycles. The van der Waals surface area contributed by atoms with E-state index in [4.69, 9.17) is 12.2 Å². The molecular formula is C18H24N5OS3+. The lowest BCUT2D eigenvalue weighted by Gasteiger charge is -2.16. The molecule has 1 atom stereocenters. The van der Waals surface area contributed by atoms with Gasteiger partial charge in [-0.2, -0.15) is 4.68 Å². The molecule has 0 radical (unpaired) electrons.